The Balaban J connectivity index is 2.00. The van der Waals surface area contributed by atoms with Crippen LogP contribution in [-0.4, -0.2) is 32.3 Å². The van der Waals surface area contributed by atoms with Crippen LogP contribution >= 0.6 is 0 Å². The zero-order valence-corrected chi connectivity index (χ0v) is 16.3. The van der Waals surface area contributed by atoms with Crippen molar-refractivity contribution >= 4 is 20.1 Å². The van der Waals surface area contributed by atoms with E-state index < -0.39 is 14.4 Å². The number of carbonyl (C=O) groups is 2. The predicted octanol–water partition coefficient (Wildman–Crippen LogP) is 4.36. The highest BCUT2D eigenvalue weighted by atomic mass is 28.4. The maximum atomic E-state index is 12.2. The molecule has 2 rings (SSSR count). The van der Waals surface area contributed by atoms with Crippen LogP contribution in [0.25, 0.3) is 0 Å². The van der Waals surface area contributed by atoms with Gasteiger partial charge >= 0.3 is 5.97 Å². The van der Waals surface area contributed by atoms with E-state index in [9.17, 15) is 9.59 Å². The molecule has 1 aliphatic carbocycles. The van der Waals surface area contributed by atoms with Crippen molar-refractivity contribution < 1.29 is 18.8 Å². The van der Waals surface area contributed by atoms with Gasteiger partial charge in [0.15, 0.2) is 8.32 Å². The van der Waals surface area contributed by atoms with Crippen molar-refractivity contribution in [3.8, 4) is 0 Å². The second-order valence-electron chi connectivity index (χ2n) is 8.08. The van der Waals surface area contributed by atoms with Gasteiger partial charge in [0.25, 0.3) is 0 Å². The molecule has 0 aromatic heterocycles. The molecule has 1 unspecified atom stereocenters. The molecule has 0 bridgehead atoms. The Morgan fingerprint density at radius 1 is 1.08 bits per heavy atom. The summed E-state index contributed by atoms with van der Waals surface area (Å²) in [6.07, 6.45) is 0.757. The average molecular weight is 349 g/mol. The van der Waals surface area contributed by atoms with Crippen LogP contribution in [0.1, 0.15) is 50.4 Å². The van der Waals surface area contributed by atoms with E-state index in [4.69, 9.17) is 9.16 Å². The Kier molecular flexibility index (Phi) is 5.66. The average Bonchev–Trinajstić information content (AvgIpc) is 2.45. The lowest BCUT2D eigenvalue weighted by Gasteiger charge is -2.41. The van der Waals surface area contributed by atoms with Crippen molar-refractivity contribution in [2.45, 2.75) is 70.4 Å². The fourth-order valence-corrected chi connectivity index (χ4v) is 3.98. The summed E-state index contributed by atoms with van der Waals surface area (Å²) in [6, 6.07) is 8.88. The molecule has 5 heteroatoms. The molecule has 0 amide bonds. The van der Waals surface area contributed by atoms with Crippen LogP contribution in [0.15, 0.2) is 30.3 Å². The predicted molar refractivity (Wildman–Crippen MR) is 96.6 cm³/mol. The second-order valence-corrected chi connectivity index (χ2v) is 12.8. The largest absolute Gasteiger partial charge is 0.458 e. The highest BCUT2D eigenvalue weighted by Crippen LogP contribution is 2.39. The van der Waals surface area contributed by atoms with Gasteiger partial charge in [-0.25, -0.2) is 4.79 Å². The number of hydrogen-bond acceptors (Lipinski definition) is 4. The van der Waals surface area contributed by atoms with Crippen LogP contribution in [0.3, 0.4) is 0 Å². The minimum absolute atomic E-state index is 0.0870. The Morgan fingerprint density at radius 3 is 2.25 bits per heavy atom. The van der Waals surface area contributed by atoms with Crippen LogP contribution in [-0.2, 0) is 14.0 Å². The number of ketones is 1. The van der Waals surface area contributed by atoms with Gasteiger partial charge in [0.2, 0.25) is 0 Å². The molecule has 0 aliphatic heterocycles. The number of ether oxygens (including phenoxy) is 1. The summed E-state index contributed by atoms with van der Waals surface area (Å²) in [4.78, 5) is 24.3. The molecule has 0 radical (unpaired) electrons. The van der Waals surface area contributed by atoms with Crippen molar-refractivity contribution in [1.29, 1.82) is 0 Å². The molecule has 0 spiro atoms. The molecule has 1 aliphatic rings. The van der Waals surface area contributed by atoms with Crippen molar-refractivity contribution in [3.05, 3.63) is 35.9 Å². The van der Waals surface area contributed by atoms with Crippen LogP contribution in [0.2, 0.25) is 18.1 Å². The number of benzene rings is 1. The fraction of sp³-hybridized carbons (Fsp3) is 0.579. The van der Waals surface area contributed by atoms with Crippen molar-refractivity contribution in [2.75, 3.05) is 0 Å². The smallest absolute Gasteiger partial charge is 0.338 e. The summed E-state index contributed by atoms with van der Waals surface area (Å²) in [7, 11) is -1.95. The zero-order chi connectivity index (χ0) is 18.0. The van der Waals surface area contributed by atoms with Gasteiger partial charge in [-0.1, -0.05) is 39.0 Å². The molecule has 1 fully saturated rings. The number of carbonyl (C=O) groups excluding carboxylic acids is 2. The summed E-state index contributed by atoms with van der Waals surface area (Å²) in [5, 5.41) is 0.0870. The zero-order valence-electron chi connectivity index (χ0n) is 15.3. The fourth-order valence-electron chi connectivity index (χ4n) is 2.62. The molecular weight excluding hydrogens is 320 g/mol. The first-order chi connectivity index (χ1) is 11.1. The minimum Gasteiger partial charge on any atom is -0.458 e. The lowest BCUT2D eigenvalue weighted by molar-refractivity contribution is -0.126. The maximum Gasteiger partial charge on any atom is 0.338 e. The minimum atomic E-state index is -1.95. The number of hydrogen-bond donors (Lipinski definition) is 0. The summed E-state index contributed by atoms with van der Waals surface area (Å²) in [5.74, 6) is -0.266. The highest BCUT2D eigenvalue weighted by Gasteiger charge is 2.41. The van der Waals surface area contributed by atoms with Crippen LogP contribution < -0.4 is 0 Å². The Morgan fingerprint density at radius 2 is 1.67 bits per heavy atom. The summed E-state index contributed by atoms with van der Waals surface area (Å²) in [5.41, 5.74) is 0.511. The highest BCUT2D eigenvalue weighted by molar-refractivity contribution is 6.74. The molecule has 2 atom stereocenters. The normalized spacial score (nSPS) is 22.3. The van der Waals surface area contributed by atoms with Crippen molar-refractivity contribution in [1.82, 2.24) is 0 Å². The molecule has 0 heterocycles. The van der Waals surface area contributed by atoms with Gasteiger partial charge in [0, 0.05) is 19.3 Å². The molecular formula is C19H28O4Si. The molecule has 1 saturated carbocycles. The quantitative estimate of drug-likeness (QED) is 0.599. The monoisotopic (exact) mass is 348 g/mol. The molecule has 1 aromatic carbocycles. The Bertz CT molecular complexity index is 589. The van der Waals surface area contributed by atoms with Crippen LogP contribution in [0, 0.1) is 0 Å². The topological polar surface area (TPSA) is 52.6 Å². The van der Waals surface area contributed by atoms with Gasteiger partial charge < -0.3 is 9.16 Å². The van der Waals surface area contributed by atoms with E-state index >= 15 is 0 Å². The molecule has 132 valence electrons. The molecule has 24 heavy (non-hydrogen) atoms. The number of esters is 1. The van der Waals surface area contributed by atoms with Gasteiger partial charge in [-0.15, -0.1) is 0 Å². The SMILES string of the molecule is CC(C)(C)[Si](C)(C)OC1CC(=O)C[C@H](OC(=O)c2ccccc2)C1. The first kappa shape index (κ1) is 18.9. The van der Waals surface area contributed by atoms with E-state index in [1.807, 2.05) is 6.07 Å². The second kappa shape index (κ2) is 7.19. The van der Waals surface area contributed by atoms with Gasteiger partial charge in [-0.3, -0.25) is 4.79 Å². The van der Waals surface area contributed by atoms with E-state index in [2.05, 4.69) is 33.9 Å². The van der Waals surface area contributed by atoms with E-state index in [1.54, 1.807) is 24.3 Å². The van der Waals surface area contributed by atoms with Crippen LogP contribution in [0.5, 0.6) is 0 Å². The van der Waals surface area contributed by atoms with E-state index in [-0.39, 0.29) is 29.3 Å². The summed E-state index contributed by atoms with van der Waals surface area (Å²) in [6.45, 7) is 10.9. The van der Waals surface area contributed by atoms with Gasteiger partial charge in [-0.05, 0) is 30.3 Å². The van der Waals surface area contributed by atoms with Crippen molar-refractivity contribution in [2.24, 2.45) is 0 Å². The lowest BCUT2D eigenvalue weighted by Crippen LogP contribution is -2.47. The summed E-state index contributed by atoms with van der Waals surface area (Å²) < 4.78 is 11.9. The first-order valence-corrected chi connectivity index (χ1v) is 11.4. The van der Waals surface area contributed by atoms with Crippen molar-refractivity contribution in [3.63, 3.8) is 0 Å². The van der Waals surface area contributed by atoms with Gasteiger partial charge in [0.05, 0.1) is 11.7 Å². The maximum absolute atomic E-state index is 12.2. The first-order valence-electron chi connectivity index (χ1n) is 8.54. The number of Topliss-reactive ketones (excluding diaryl/α,β-unsaturated/α-hetero) is 1. The van der Waals surface area contributed by atoms with Gasteiger partial charge in [-0.2, -0.15) is 0 Å². The molecule has 0 saturated heterocycles. The molecule has 4 nitrogen and oxygen atoms in total. The third-order valence-electron chi connectivity index (χ3n) is 4.99. The van der Waals surface area contributed by atoms with E-state index in [1.165, 1.54) is 0 Å². The lowest BCUT2D eigenvalue weighted by atomic mass is 9.94. The molecule has 1 aromatic rings. The standard InChI is InChI=1S/C19H28O4Si/c1-19(2,3)24(4,5)23-17-12-15(20)11-16(13-17)22-18(21)14-9-7-6-8-10-14/h6-10,16-17H,11-13H2,1-5H3/t16-,17?/m0/s1. The van der Waals surface area contributed by atoms with E-state index in [0.29, 0.717) is 18.4 Å². The Labute approximate surface area is 145 Å². The third-order valence-corrected chi connectivity index (χ3v) is 9.52. The van der Waals surface area contributed by atoms with Crippen LogP contribution in [0.4, 0.5) is 0 Å². The number of rotatable bonds is 4. The van der Waals surface area contributed by atoms with Gasteiger partial charge in [0.1, 0.15) is 11.9 Å². The third kappa shape index (κ3) is 4.77. The molecule has 0 N–H and O–H groups in total. The van der Waals surface area contributed by atoms with E-state index in [0.717, 1.165) is 0 Å². The Hall–Kier alpha value is -1.46. The summed E-state index contributed by atoms with van der Waals surface area (Å²) >= 11 is 0.